The lowest BCUT2D eigenvalue weighted by atomic mass is 9.96. The molecule has 1 saturated carbocycles. The molecule has 2 atom stereocenters. The fourth-order valence-corrected chi connectivity index (χ4v) is 6.07. The predicted octanol–water partition coefficient (Wildman–Crippen LogP) is 5.93. The van der Waals surface area contributed by atoms with Gasteiger partial charge in [-0.1, -0.05) is 6.07 Å². The minimum atomic E-state index is -4.33. The largest absolute Gasteiger partial charge is 0.444 e. The van der Waals surface area contributed by atoms with Gasteiger partial charge in [0.2, 0.25) is 0 Å². The van der Waals surface area contributed by atoms with Crippen LogP contribution in [0.1, 0.15) is 51.6 Å². The summed E-state index contributed by atoms with van der Waals surface area (Å²) in [5.74, 6) is -1.98. The summed E-state index contributed by atoms with van der Waals surface area (Å²) >= 11 is 0. The van der Waals surface area contributed by atoms with Crippen LogP contribution < -0.4 is 10.0 Å². The maximum absolute atomic E-state index is 14.1. The number of hydrogen-bond donors (Lipinski definition) is 2. The van der Waals surface area contributed by atoms with Crippen molar-refractivity contribution in [1.29, 1.82) is 0 Å². The molecule has 2 heterocycles. The highest BCUT2D eigenvalue weighted by Crippen LogP contribution is 2.37. The number of alkyl carbamates (subject to hydrolysis) is 1. The molecule has 0 radical (unpaired) electrons. The maximum atomic E-state index is 14.1. The SMILES string of the molecule is CC(C)(C)OC(=O)N[C@H]1CCC(c2ncnc3ccc(-c4cncc(NS(=O)(=O)c5ccc(F)cc5F)c4)cc23)C1. The van der Waals surface area contributed by atoms with Gasteiger partial charge in [0.15, 0.2) is 0 Å². The number of pyridine rings is 1. The number of ether oxygens (including phenoxy) is 1. The van der Waals surface area contributed by atoms with Crippen LogP contribution >= 0.6 is 0 Å². The van der Waals surface area contributed by atoms with Crippen LogP contribution in [-0.4, -0.2) is 41.1 Å². The van der Waals surface area contributed by atoms with E-state index >= 15 is 0 Å². The molecule has 41 heavy (non-hydrogen) atoms. The zero-order valence-electron chi connectivity index (χ0n) is 22.7. The van der Waals surface area contributed by atoms with Gasteiger partial charge in [0.1, 0.15) is 28.5 Å². The highest BCUT2D eigenvalue weighted by atomic mass is 32.2. The van der Waals surface area contributed by atoms with Crippen molar-refractivity contribution in [3.63, 3.8) is 0 Å². The summed E-state index contributed by atoms with van der Waals surface area (Å²) in [6.07, 6.45) is 6.28. The summed E-state index contributed by atoms with van der Waals surface area (Å²) in [6.45, 7) is 5.46. The second-order valence-corrected chi connectivity index (χ2v) is 12.6. The van der Waals surface area contributed by atoms with Crippen LogP contribution in [0.3, 0.4) is 0 Å². The Hall–Kier alpha value is -4.19. The Morgan fingerprint density at radius 3 is 2.56 bits per heavy atom. The molecule has 2 N–H and O–H groups in total. The quantitative estimate of drug-likeness (QED) is 0.289. The van der Waals surface area contributed by atoms with E-state index < -0.39 is 38.2 Å². The third-order valence-corrected chi connectivity index (χ3v) is 8.13. The standard InChI is InChI=1S/C29H29F2N5O4S/c1-29(2,3)40-28(37)35-21-7-4-18(10-21)27-23-12-17(5-8-25(23)33-16-34-27)19-11-22(15-32-14-19)36-41(38,39)26-9-6-20(30)13-24(26)31/h5-6,8-9,11-16,18,21,36H,4,7,10H2,1-3H3,(H,35,37)/t18?,21-/m0/s1. The van der Waals surface area contributed by atoms with Crippen molar-refractivity contribution >= 4 is 32.7 Å². The van der Waals surface area contributed by atoms with Gasteiger partial charge < -0.3 is 10.1 Å². The Balaban J connectivity index is 1.38. The maximum Gasteiger partial charge on any atom is 0.407 e. The van der Waals surface area contributed by atoms with Crippen LogP contribution in [0.15, 0.2) is 66.1 Å². The summed E-state index contributed by atoms with van der Waals surface area (Å²) in [5, 5.41) is 3.79. The summed E-state index contributed by atoms with van der Waals surface area (Å²) < 4.78 is 60.6. The number of halogens is 2. The molecule has 1 unspecified atom stereocenters. The fraction of sp³-hybridized carbons (Fsp3) is 0.310. The number of amides is 1. The second-order valence-electron chi connectivity index (χ2n) is 11.0. The minimum absolute atomic E-state index is 0.0390. The van der Waals surface area contributed by atoms with Crippen molar-refractivity contribution in [3.8, 4) is 11.1 Å². The molecule has 9 nitrogen and oxygen atoms in total. The molecule has 1 fully saturated rings. The van der Waals surface area contributed by atoms with Crippen molar-refractivity contribution in [2.24, 2.45) is 0 Å². The number of fused-ring (bicyclic) bond motifs is 1. The van der Waals surface area contributed by atoms with Gasteiger partial charge in [0.25, 0.3) is 10.0 Å². The molecule has 12 heteroatoms. The number of sulfonamides is 1. The van der Waals surface area contributed by atoms with Gasteiger partial charge >= 0.3 is 6.09 Å². The second kappa shape index (κ2) is 11.0. The average Bonchev–Trinajstić information content (AvgIpc) is 3.34. The molecule has 1 amide bonds. The molecule has 2 aromatic carbocycles. The van der Waals surface area contributed by atoms with Gasteiger partial charge in [-0.25, -0.2) is 32.0 Å². The van der Waals surface area contributed by atoms with Crippen molar-refractivity contribution in [2.75, 3.05) is 4.72 Å². The van der Waals surface area contributed by atoms with Crippen LogP contribution in [0.4, 0.5) is 19.3 Å². The molecule has 0 bridgehead atoms. The Morgan fingerprint density at radius 2 is 1.80 bits per heavy atom. The number of carbonyl (C=O) groups is 1. The summed E-state index contributed by atoms with van der Waals surface area (Å²) in [7, 11) is -4.33. The molecule has 5 rings (SSSR count). The van der Waals surface area contributed by atoms with E-state index in [1.807, 2.05) is 39.0 Å². The fourth-order valence-electron chi connectivity index (χ4n) is 4.97. The van der Waals surface area contributed by atoms with Crippen LogP contribution in [0.25, 0.3) is 22.0 Å². The topological polar surface area (TPSA) is 123 Å². The van der Waals surface area contributed by atoms with Crippen molar-refractivity contribution < 1.29 is 26.7 Å². The molecule has 1 aliphatic carbocycles. The van der Waals surface area contributed by atoms with Crippen LogP contribution in [-0.2, 0) is 14.8 Å². The molecule has 2 aromatic heterocycles. The van der Waals surface area contributed by atoms with Crippen LogP contribution in [0.5, 0.6) is 0 Å². The van der Waals surface area contributed by atoms with Gasteiger partial charge in [-0.05, 0) is 75.9 Å². The normalized spacial score (nSPS) is 17.4. The first-order valence-corrected chi connectivity index (χ1v) is 14.5. The molecule has 0 spiro atoms. The molecular weight excluding hydrogens is 552 g/mol. The molecule has 1 aliphatic rings. The summed E-state index contributed by atoms with van der Waals surface area (Å²) in [5.41, 5.74) is 2.50. The number of aromatic nitrogens is 3. The number of nitrogens with one attached hydrogen (secondary N) is 2. The average molecular weight is 582 g/mol. The number of carbonyl (C=O) groups excluding carboxylic acids is 1. The van der Waals surface area contributed by atoms with Crippen LogP contribution in [0.2, 0.25) is 0 Å². The smallest absolute Gasteiger partial charge is 0.407 e. The van der Waals surface area contributed by atoms with Gasteiger partial charge in [-0.3, -0.25) is 9.71 Å². The minimum Gasteiger partial charge on any atom is -0.444 e. The van der Waals surface area contributed by atoms with Crippen molar-refractivity contribution in [1.82, 2.24) is 20.3 Å². The van der Waals surface area contributed by atoms with E-state index in [2.05, 4.69) is 25.0 Å². The number of nitrogens with zero attached hydrogens (tertiary/aromatic N) is 3. The summed E-state index contributed by atoms with van der Waals surface area (Å²) in [6, 6.07) is 9.41. The Labute approximate surface area is 236 Å². The predicted molar refractivity (Wildman–Crippen MR) is 150 cm³/mol. The lowest BCUT2D eigenvalue weighted by Gasteiger charge is -2.21. The molecular formula is C29H29F2N5O4S. The van der Waals surface area contributed by atoms with E-state index in [4.69, 9.17) is 4.74 Å². The monoisotopic (exact) mass is 581 g/mol. The molecule has 0 saturated heterocycles. The number of anilines is 1. The molecule has 4 aromatic rings. The number of rotatable bonds is 6. The Bertz CT molecular complexity index is 1730. The number of benzene rings is 2. The zero-order chi connectivity index (χ0) is 29.4. The van der Waals surface area contributed by atoms with Crippen molar-refractivity contribution in [2.45, 2.75) is 62.5 Å². The van der Waals surface area contributed by atoms with Gasteiger partial charge in [-0.2, -0.15) is 0 Å². The van der Waals surface area contributed by atoms with Crippen molar-refractivity contribution in [3.05, 3.63) is 78.5 Å². The van der Waals surface area contributed by atoms with E-state index in [1.54, 1.807) is 12.3 Å². The van der Waals surface area contributed by atoms with Gasteiger partial charge in [0, 0.05) is 35.2 Å². The Morgan fingerprint density at radius 1 is 1.00 bits per heavy atom. The first-order chi connectivity index (χ1) is 19.4. The third-order valence-electron chi connectivity index (χ3n) is 6.71. The highest BCUT2D eigenvalue weighted by Gasteiger charge is 2.30. The highest BCUT2D eigenvalue weighted by molar-refractivity contribution is 7.92. The van der Waals surface area contributed by atoms with E-state index in [1.165, 1.54) is 12.5 Å². The zero-order valence-corrected chi connectivity index (χ0v) is 23.5. The summed E-state index contributed by atoms with van der Waals surface area (Å²) in [4.78, 5) is 24.7. The molecule has 214 valence electrons. The first kappa shape index (κ1) is 28.3. The van der Waals surface area contributed by atoms with E-state index in [-0.39, 0.29) is 17.6 Å². The van der Waals surface area contributed by atoms with E-state index in [9.17, 15) is 22.0 Å². The van der Waals surface area contributed by atoms with Gasteiger partial charge in [-0.15, -0.1) is 0 Å². The van der Waals surface area contributed by atoms with Crippen LogP contribution in [0, 0.1) is 11.6 Å². The lowest BCUT2D eigenvalue weighted by molar-refractivity contribution is 0.0505. The lowest BCUT2D eigenvalue weighted by Crippen LogP contribution is -2.37. The van der Waals surface area contributed by atoms with E-state index in [0.717, 1.165) is 47.1 Å². The third kappa shape index (κ3) is 6.59. The van der Waals surface area contributed by atoms with E-state index in [0.29, 0.717) is 18.1 Å². The first-order valence-electron chi connectivity index (χ1n) is 13.1. The van der Waals surface area contributed by atoms with Gasteiger partial charge in [0.05, 0.1) is 23.1 Å². The molecule has 0 aliphatic heterocycles. The Kier molecular flexibility index (Phi) is 7.60. The number of hydrogen-bond acceptors (Lipinski definition) is 7.